The van der Waals surface area contributed by atoms with Crippen LogP contribution in [-0.2, 0) is 18.4 Å². The highest BCUT2D eigenvalue weighted by Gasteiger charge is 2.15. The minimum Gasteiger partial charge on any atom is -0.486 e. The van der Waals surface area contributed by atoms with E-state index in [1.165, 1.54) is 11.8 Å². The first-order valence-electron chi connectivity index (χ1n) is 8.98. The van der Waals surface area contributed by atoms with Gasteiger partial charge in [-0.2, -0.15) is 0 Å². The Morgan fingerprint density at radius 2 is 2.07 bits per heavy atom. The van der Waals surface area contributed by atoms with Crippen molar-refractivity contribution in [2.24, 2.45) is 7.05 Å². The molecule has 0 aliphatic carbocycles. The van der Waals surface area contributed by atoms with Crippen molar-refractivity contribution in [2.75, 3.05) is 17.9 Å². The van der Waals surface area contributed by atoms with Crippen LogP contribution in [0.25, 0.3) is 0 Å². The molecule has 0 saturated carbocycles. The molecule has 9 heteroatoms. The normalized spacial score (nSPS) is 12.1. The van der Waals surface area contributed by atoms with E-state index in [1.807, 2.05) is 42.8 Å². The van der Waals surface area contributed by atoms with Crippen molar-refractivity contribution >= 4 is 23.4 Å². The number of carbonyl (C=O) groups excluding carboxylic acids is 1. The van der Waals surface area contributed by atoms with Crippen LogP contribution in [-0.4, -0.2) is 33.2 Å². The van der Waals surface area contributed by atoms with Crippen LogP contribution < -0.4 is 19.5 Å². The van der Waals surface area contributed by atoms with Gasteiger partial charge in [0, 0.05) is 18.8 Å². The highest BCUT2D eigenvalue weighted by Crippen LogP contribution is 2.34. The molecule has 0 atom stereocenters. The van der Waals surface area contributed by atoms with Crippen molar-refractivity contribution in [1.29, 1.82) is 0 Å². The average molecular weight is 412 g/mol. The minimum absolute atomic E-state index is 0.144. The van der Waals surface area contributed by atoms with E-state index < -0.39 is 0 Å². The fourth-order valence-electron chi connectivity index (χ4n) is 2.75. The summed E-state index contributed by atoms with van der Waals surface area (Å²) in [4.78, 5) is 12.3. The average Bonchev–Trinajstić information content (AvgIpc) is 3.31. The van der Waals surface area contributed by atoms with Crippen molar-refractivity contribution in [1.82, 2.24) is 14.8 Å². The van der Waals surface area contributed by atoms with Crippen LogP contribution in [0.5, 0.6) is 17.2 Å². The Labute approximate surface area is 172 Å². The molecule has 2 aromatic carbocycles. The molecule has 4 rings (SSSR count). The molecule has 1 aliphatic rings. The van der Waals surface area contributed by atoms with Gasteiger partial charge in [-0.15, -0.1) is 10.2 Å². The molecule has 0 bridgehead atoms. The van der Waals surface area contributed by atoms with Gasteiger partial charge in [0.2, 0.25) is 12.7 Å². The zero-order valence-electron chi connectivity index (χ0n) is 16.0. The largest absolute Gasteiger partial charge is 0.486 e. The van der Waals surface area contributed by atoms with Crippen LogP contribution >= 0.6 is 11.8 Å². The molecule has 1 N–H and O–H groups in total. The second-order valence-corrected chi connectivity index (χ2v) is 7.41. The molecule has 0 spiro atoms. The molecule has 2 heterocycles. The Morgan fingerprint density at radius 1 is 1.21 bits per heavy atom. The molecular formula is C20H20N4O4S. The molecule has 3 aromatic rings. The number of rotatable bonds is 7. The molecule has 1 aliphatic heterocycles. The lowest BCUT2D eigenvalue weighted by molar-refractivity contribution is -0.113. The third-order valence-electron chi connectivity index (χ3n) is 4.27. The number of nitrogens with zero attached hydrogens (tertiary/aromatic N) is 3. The van der Waals surface area contributed by atoms with E-state index in [1.54, 1.807) is 18.2 Å². The molecule has 1 aromatic heterocycles. The Hall–Kier alpha value is -3.20. The highest BCUT2D eigenvalue weighted by molar-refractivity contribution is 7.99. The number of nitrogens with one attached hydrogen (secondary N) is 1. The fourth-order valence-corrected chi connectivity index (χ4v) is 3.48. The lowest BCUT2D eigenvalue weighted by atomic mass is 10.2. The van der Waals surface area contributed by atoms with Crippen LogP contribution in [0.1, 0.15) is 11.4 Å². The summed E-state index contributed by atoms with van der Waals surface area (Å²) in [5, 5.41) is 11.8. The smallest absolute Gasteiger partial charge is 0.234 e. The number of ether oxygens (including phenoxy) is 3. The molecule has 0 fully saturated rings. The summed E-state index contributed by atoms with van der Waals surface area (Å²) >= 11 is 1.31. The van der Waals surface area contributed by atoms with Crippen molar-refractivity contribution in [3.63, 3.8) is 0 Å². The number of hydrogen-bond acceptors (Lipinski definition) is 7. The SMILES string of the molecule is Cc1cccc(OCc2nnc(SCC(=O)Nc3ccc4c(c3)OCO4)n2C)c1. The van der Waals surface area contributed by atoms with Gasteiger partial charge in [-0.25, -0.2) is 0 Å². The van der Waals surface area contributed by atoms with Crippen molar-refractivity contribution in [3.05, 3.63) is 53.9 Å². The van der Waals surface area contributed by atoms with Crippen LogP contribution in [0.4, 0.5) is 5.69 Å². The van der Waals surface area contributed by atoms with E-state index >= 15 is 0 Å². The van der Waals surface area contributed by atoms with Crippen molar-refractivity contribution in [2.45, 2.75) is 18.7 Å². The van der Waals surface area contributed by atoms with E-state index in [4.69, 9.17) is 14.2 Å². The summed E-state index contributed by atoms with van der Waals surface area (Å²) in [6.45, 7) is 2.51. The van der Waals surface area contributed by atoms with E-state index in [2.05, 4.69) is 15.5 Å². The number of thioether (sulfide) groups is 1. The predicted molar refractivity (Wildman–Crippen MR) is 108 cm³/mol. The summed E-state index contributed by atoms with van der Waals surface area (Å²) in [5.41, 5.74) is 1.79. The van der Waals surface area contributed by atoms with E-state index in [-0.39, 0.29) is 18.5 Å². The monoisotopic (exact) mass is 412 g/mol. The zero-order valence-corrected chi connectivity index (χ0v) is 16.9. The standard InChI is InChI=1S/C20H20N4O4S/c1-13-4-3-5-15(8-13)26-10-18-22-23-20(24(18)2)29-11-19(25)21-14-6-7-16-17(9-14)28-12-27-16/h3-9H,10-12H2,1-2H3,(H,21,25). The maximum atomic E-state index is 12.3. The number of benzene rings is 2. The first-order valence-corrected chi connectivity index (χ1v) is 9.97. The highest BCUT2D eigenvalue weighted by atomic mass is 32.2. The van der Waals surface area contributed by atoms with Crippen molar-refractivity contribution in [3.8, 4) is 17.2 Å². The van der Waals surface area contributed by atoms with Gasteiger partial charge in [0.25, 0.3) is 0 Å². The second kappa shape index (κ2) is 8.44. The first kappa shape index (κ1) is 19.1. The van der Waals surface area contributed by atoms with E-state index in [0.717, 1.165) is 11.3 Å². The van der Waals surface area contributed by atoms with Gasteiger partial charge in [-0.1, -0.05) is 23.9 Å². The van der Waals surface area contributed by atoms with Crippen LogP contribution in [0.2, 0.25) is 0 Å². The van der Waals surface area contributed by atoms with E-state index in [0.29, 0.717) is 34.8 Å². The summed E-state index contributed by atoms with van der Waals surface area (Å²) in [5.74, 6) is 2.84. The number of hydrogen-bond donors (Lipinski definition) is 1. The van der Waals surface area contributed by atoms with Gasteiger partial charge in [0.1, 0.15) is 12.4 Å². The maximum Gasteiger partial charge on any atom is 0.234 e. The molecule has 8 nitrogen and oxygen atoms in total. The Kier molecular flexibility index (Phi) is 5.57. The predicted octanol–water partition coefficient (Wildman–Crippen LogP) is 3.16. The van der Waals surface area contributed by atoms with Gasteiger partial charge < -0.3 is 24.1 Å². The summed E-state index contributed by atoms with van der Waals surface area (Å²) < 4.78 is 18.2. The van der Waals surface area contributed by atoms with Gasteiger partial charge >= 0.3 is 0 Å². The molecule has 150 valence electrons. The number of anilines is 1. The van der Waals surface area contributed by atoms with Gasteiger partial charge in [-0.3, -0.25) is 4.79 Å². The van der Waals surface area contributed by atoms with Crippen molar-refractivity contribution < 1.29 is 19.0 Å². The molecule has 0 radical (unpaired) electrons. The van der Waals surface area contributed by atoms with Gasteiger partial charge in [0.05, 0.1) is 5.75 Å². The van der Waals surface area contributed by atoms with Gasteiger partial charge in [0.15, 0.2) is 22.5 Å². The first-order chi connectivity index (χ1) is 14.1. The number of carbonyl (C=O) groups is 1. The third kappa shape index (κ3) is 4.62. The Morgan fingerprint density at radius 3 is 2.93 bits per heavy atom. The maximum absolute atomic E-state index is 12.3. The minimum atomic E-state index is -0.144. The number of aryl methyl sites for hydroxylation is 1. The molecular weight excluding hydrogens is 392 g/mol. The number of aromatic nitrogens is 3. The molecule has 29 heavy (non-hydrogen) atoms. The van der Waals surface area contributed by atoms with Crippen LogP contribution in [0, 0.1) is 6.92 Å². The topological polar surface area (TPSA) is 87.5 Å². The third-order valence-corrected chi connectivity index (χ3v) is 5.29. The fraction of sp³-hybridized carbons (Fsp3) is 0.250. The quantitative estimate of drug-likeness (QED) is 0.597. The summed E-state index contributed by atoms with van der Waals surface area (Å²) in [6.07, 6.45) is 0. The number of fused-ring (bicyclic) bond motifs is 1. The summed E-state index contributed by atoms with van der Waals surface area (Å²) in [6, 6.07) is 13.1. The van der Waals surface area contributed by atoms with E-state index in [9.17, 15) is 4.79 Å². The van der Waals surface area contributed by atoms with Crippen LogP contribution in [0.15, 0.2) is 47.6 Å². The number of amides is 1. The second-order valence-electron chi connectivity index (χ2n) is 6.47. The molecule has 0 saturated heterocycles. The Bertz CT molecular complexity index is 1040. The zero-order chi connectivity index (χ0) is 20.2. The lowest BCUT2D eigenvalue weighted by Gasteiger charge is -2.08. The molecule has 1 amide bonds. The molecule has 0 unspecified atom stereocenters. The summed E-state index contributed by atoms with van der Waals surface area (Å²) in [7, 11) is 1.85. The Balaban J connectivity index is 1.30. The van der Waals surface area contributed by atoms with Crippen LogP contribution in [0.3, 0.4) is 0 Å². The lowest BCUT2D eigenvalue weighted by Crippen LogP contribution is -2.14. The van der Waals surface area contributed by atoms with Gasteiger partial charge in [-0.05, 0) is 36.8 Å².